The lowest BCUT2D eigenvalue weighted by Crippen LogP contribution is -2.59. The van der Waals surface area contributed by atoms with Gasteiger partial charge in [-0.05, 0) is 81.8 Å². The lowest BCUT2D eigenvalue weighted by molar-refractivity contribution is -0.156. The predicted molar refractivity (Wildman–Crippen MR) is 234 cm³/mol. The van der Waals surface area contributed by atoms with E-state index in [1.54, 1.807) is 23.5 Å². The van der Waals surface area contributed by atoms with Gasteiger partial charge in [-0.15, -0.1) is 11.3 Å². The first-order valence-electron chi connectivity index (χ1n) is 21.9. The van der Waals surface area contributed by atoms with Gasteiger partial charge in [0.15, 0.2) is 0 Å². The van der Waals surface area contributed by atoms with E-state index < -0.39 is 21.9 Å². The monoisotopic (exact) mass is 847 g/mol. The summed E-state index contributed by atoms with van der Waals surface area (Å²) in [5.41, 5.74) is 10.4. The van der Waals surface area contributed by atoms with E-state index in [0.29, 0.717) is 47.7 Å². The number of hydrazine groups is 1. The Morgan fingerprint density at radius 3 is 2.63 bits per heavy atom. The highest BCUT2D eigenvalue weighted by molar-refractivity contribution is 7.10. The Hall–Kier alpha value is -3.95. The van der Waals surface area contributed by atoms with E-state index in [-0.39, 0.29) is 41.8 Å². The summed E-state index contributed by atoms with van der Waals surface area (Å²) in [6.45, 7) is 16.0. The van der Waals surface area contributed by atoms with Crippen LogP contribution < -0.4 is 10.3 Å². The molecule has 6 bridgehead atoms. The fraction of sp³-hybridized carbons (Fsp3) is 0.587. The van der Waals surface area contributed by atoms with Gasteiger partial charge in [-0.25, -0.2) is 10.4 Å². The molecule has 2 radical (unpaired) electrons. The topological polar surface area (TPSA) is 122 Å². The Balaban J connectivity index is 1.11. The van der Waals surface area contributed by atoms with E-state index in [0.717, 1.165) is 89.0 Å². The fourth-order valence-corrected chi connectivity index (χ4v) is 13.8. The molecular formula is C46H57N7O5SSi. The number of aromatic nitrogens is 3. The van der Waals surface area contributed by atoms with Crippen LogP contribution in [0.15, 0.2) is 35.8 Å². The number of hydrogen-bond acceptors (Lipinski definition) is 11. The van der Waals surface area contributed by atoms with Gasteiger partial charge < -0.3 is 23.8 Å². The number of hydrogen-bond donors (Lipinski definition) is 1. The zero-order valence-electron chi connectivity index (χ0n) is 36.0. The normalized spacial score (nSPS) is 30.5. The zero-order valence-corrected chi connectivity index (χ0v) is 37.8. The Morgan fingerprint density at radius 2 is 1.92 bits per heavy atom. The number of ether oxygens (including phenoxy) is 2. The van der Waals surface area contributed by atoms with Gasteiger partial charge in [-0.2, -0.15) is 0 Å². The molecule has 316 valence electrons. The summed E-state index contributed by atoms with van der Waals surface area (Å²) in [6, 6.07) is 8.33. The molecule has 7 heterocycles. The number of nitrogens with one attached hydrogen (secondary N) is 1. The van der Waals surface area contributed by atoms with E-state index in [9.17, 15) is 14.4 Å². The maximum absolute atomic E-state index is 14.8. The largest absolute Gasteiger partial charge is 0.464 e. The quantitative estimate of drug-likeness (QED) is 0.166. The number of methoxy groups -OCH3 is 1. The lowest BCUT2D eigenvalue weighted by Gasteiger charge is -2.38. The molecule has 1 spiro atoms. The van der Waals surface area contributed by atoms with Gasteiger partial charge in [0.1, 0.15) is 11.8 Å². The fourth-order valence-electron chi connectivity index (χ4n) is 10.6. The molecular weight excluding hydrogens is 791 g/mol. The van der Waals surface area contributed by atoms with Crippen molar-refractivity contribution in [1.82, 2.24) is 29.9 Å². The number of nitrogens with zero attached hydrogens (tertiary/aromatic N) is 6. The molecule has 1 N–H and O–H groups in total. The number of thiazole rings is 1. The van der Waals surface area contributed by atoms with Crippen LogP contribution in [0.5, 0.6) is 0 Å². The van der Waals surface area contributed by atoms with Crippen molar-refractivity contribution in [1.29, 1.82) is 0 Å². The highest BCUT2D eigenvalue weighted by atomic mass is 32.1. The number of cyclic esters (lactones) is 1. The summed E-state index contributed by atoms with van der Waals surface area (Å²) in [6.07, 6.45) is 4.99. The number of aryl methyl sites for hydroxylation is 1. The first-order chi connectivity index (χ1) is 28.8. The SMILES string of the molecule is CCn1c(-c2cc(N3CCN(C)CC3)cnc2[C@H](C)OC)c2c3cc(ccc31)-c1csc(n1)CC1(C(=O)N3CCC[C@H](N3)C(=O)OCC(C)(C)C2)C2[Si]C21C(=O)[C@H]1C[C@@H]1C. The van der Waals surface area contributed by atoms with Crippen molar-refractivity contribution >= 4 is 55.1 Å². The third kappa shape index (κ3) is 6.33. The van der Waals surface area contributed by atoms with Crippen LogP contribution in [0, 0.1) is 22.7 Å². The molecule has 7 atom stereocenters. The maximum Gasteiger partial charge on any atom is 0.324 e. The number of Topliss-reactive ketones (excluding diaryl/α,β-unsaturated/α-hetero) is 1. The molecule has 3 unspecified atom stereocenters. The van der Waals surface area contributed by atoms with E-state index in [1.807, 2.05) is 6.20 Å². The van der Waals surface area contributed by atoms with E-state index in [2.05, 4.69) is 91.1 Å². The summed E-state index contributed by atoms with van der Waals surface area (Å²) in [5.74, 6) is 0.302. The average Bonchev–Trinajstić information content (AvgIpc) is 4.19. The molecule has 60 heavy (non-hydrogen) atoms. The van der Waals surface area contributed by atoms with Crippen LogP contribution in [0.4, 0.5) is 5.69 Å². The second-order valence-corrected chi connectivity index (χ2v) is 21.8. The van der Waals surface area contributed by atoms with Crippen molar-refractivity contribution in [2.24, 2.45) is 22.7 Å². The molecule has 1 amide bonds. The van der Waals surface area contributed by atoms with Crippen LogP contribution in [-0.4, -0.2) is 111 Å². The Bertz CT molecular complexity index is 2410. The average molecular weight is 848 g/mol. The van der Waals surface area contributed by atoms with Crippen LogP contribution in [0.1, 0.15) is 76.3 Å². The first kappa shape index (κ1) is 40.1. The van der Waals surface area contributed by atoms with Gasteiger partial charge in [0.2, 0.25) is 5.91 Å². The number of fused-ring (bicyclic) bond motifs is 9. The molecule has 12 nitrogen and oxygen atoms in total. The second-order valence-electron chi connectivity index (χ2n) is 19.2. The highest BCUT2D eigenvalue weighted by Crippen LogP contribution is 2.95. The van der Waals surface area contributed by atoms with Crippen LogP contribution in [0.25, 0.3) is 33.4 Å². The number of carbonyl (C=O) groups is 3. The molecule has 6 aliphatic rings. The minimum absolute atomic E-state index is 0.0479. The summed E-state index contributed by atoms with van der Waals surface area (Å²) in [4.78, 5) is 58.0. The Kier molecular flexibility index (Phi) is 9.75. The van der Waals surface area contributed by atoms with Crippen molar-refractivity contribution in [3.8, 4) is 22.5 Å². The third-order valence-corrected chi connectivity index (χ3v) is 17.7. The second kappa shape index (κ2) is 14.6. The number of rotatable bonds is 7. The maximum atomic E-state index is 14.8. The lowest BCUT2D eigenvalue weighted by atomic mass is 9.84. The molecule has 14 heteroatoms. The number of benzene rings is 1. The number of amides is 1. The van der Waals surface area contributed by atoms with Crippen LogP contribution in [0.2, 0.25) is 10.6 Å². The molecule has 1 aromatic carbocycles. The number of likely N-dealkylation sites (N-methyl/N-ethyl adjacent to an activating group) is 1. The minimum atomic E-state index is -0.819. The van der Waals surface area contributed by atoms with E-state index >= 15 is 0 Å². The first-order valence-corrected chi connectivity index (χ1v) is 23.9. The van der Waals surface area contributed by atoms with Gasteiger partial charge in [0.25, 0.3) is 0 Å². The van der Waals surface area contributed by atoms with Gasteiger partial charge in [-0.3, -0.25) is 24.4 Å². The summed E-state index contributed by atoms with van der Waals surface area (Å²) < 4.78 is 14.6. The summed E-state index contributed by atoms with van der Waals surface area (Å²) in [5, 5.41) is 5.18. The minimum Gasteiger partial charge on any atom is -0.464 e. The predicted octanol–water partition coefficient (Wildman–Crippen LogP) is 6.36. The van der Waals surface area contributed by atoms with Crippen molar-refractivity contribution in [3.63, 3.8) is 0 Å². The smallest absolute Gasteiger partial charge is 0.324 e. The number of carbonyl (C=O) groups excluding carboxylic acids is 3. The highest BCUT2D eigenvalue weighted by Gasteiger charge is 2.96. The molecule has 4 aliphatic heterocycles. The third-order valence-electron chi connectivity index (χ3n) is 14.6. The number of anilines is 1. The standard InChI is InChI=1S/C46H57N7O5SSi/c1-8-52-36-12-11-28-19-31(36)33(39(52)32-20-29(23-47-38(32)27(3)57-7)51-16-14-50(6)15-17-51)21-44(4,5)25-58-41(55)34-10-9-13-53(49-34)43(56)45(22-37-48-35(28)24-59-37)42-46(45,60-42)40(54)30-18-26(30)2/h11-12,19-20,23-24,26-27,30,34,42,49H,8-10,13-18,21-22,25H2,1-7H3/t26-,27-,30-,34-,42?,45?,46?/m0/s1. The zero-order chi connectivity index (χ0) is 41.9. The Morgan fingerprint density at radius 1 is 1.13 bits per heavy atom. The van der Waals surface area contributed by atoms with Gasteiger partial charge in [0, 0.05) is 96.6 Å². The van der Waals surface area contributed by atoms with Crippen LogP contribution >= 0.6 is 11.3 Å². The molecule has 2 saturated carbocycles. The summed E-state index contributed by atoms with van der Waals surface area (Å²) >= 11 is 1.58. The van der Waals surface area contributed by atoms with E-state index in [4.69, 9.17) is 19.4 Å². The van der Waals surface area contributed by atoms with Gasteiger partial charge in [-0.1, -0.05) is 26.8 Å². The summed E-state index contributed by atoms with van der Waals surface area (Å²) in [7, 11) is 4.38. The van der Waals surface area contributed by atoms with Crippen LogP contribution in [-0.2, 0) is 43.2 Å². The van der Waals surface area contributed by atoms with E-state index in [1.165, 1.54) is 5.56 Å². The number of esters is 1. The van der Waals surface area contributed by atoms with Crippen molar-refractivity contribution < 1.29 is 23.9 Å². The molecule has 10 rings (SSSR count). The number of piperazine rings is 1. The van der Waals surface area contributed by atoms with Gasteiger partial charge >= 0.3 is 5.97 Å². The molecule has 3 saturated heterocycles. The Labute approximate surface area is 359 Å². The molecule has 4 aromatic rings. The van der Waals surface area contributed by atoms with Crippen molar-refractivity contribution in [2.75, 3.05) is 58.4 Å². The number of ketones is 1. The molecule has 5 fully saturated rings. The van der Waals surface area contributed by atoms with Crippen LogP contribution in [0.3, 0.4) is 0 Å². The molecule has 3 aromatic heterocycles. The van der Waals surface area contributed by atoms with Gasteiger partial charge in [0.05, 0.1) is 61.6 Å². The van der Waals surface area contributed by atoms with Crippen molar-refractivity contribution in [3.05, 3.63) is 52.1 Å². The number of pyridine rings is 1. The van der Waals surface area contributed by atoms with Crippen molar-refractivity contribution in [2.45, 2.75) is 96.0 Å². The molecule has 2 aliphatic carbocycles.